The smallest absolute Gasteiger partial charge is 0.290 e. The van der Waals surface area contributed by atoms with Crippen LogP contribution in [0.15, 0.2) is 24.3 Å². The minimum Gasteiger partial charge on any atom is -0.335 e. The highest BCUT2D eigenvalue weighted by atomic mass is 16.2. The SMILES string of the molecule is Cc1ccccc1CCN1CCC(=O)C1=O. The zero-order valence-corrected chi connectivity index (χ0v) is 9.40. The van der Waals surface area contributed by atoms with Crippen LogP contribution >= 0.6 is 0 Å². The molecule has 84 valence electrons. The van der Waals surface area contributed by atoms with Crippen LogP contribution in [0, 0.1) is 6.92 Å². The summed E-state index contributed by atoms with van der Waals surface area (Å²) in [5.74, 6) is -0.557. The summed E-state index contributed by atoms with van der Waals surface area (Å²) >= 11 is 0. The molecule has 0 atom stereocenters. The Hall–Kier alpha value is -1.64. The van der Waals surface area contributed by atoms with E-state index < -0.39 is 0 Å². The first-order chi connectivity index (χ1) is 7.68. The number of hydrogen-bond acceptors (Lipinski definition) is 2. The fourth-order valence-corrected chi connectivity index (χ4v) is 1.98. The van der Waals surface area contributed by atoms with Gasteiger partial charge in [-0.1, -0.05) is 24.3 Å². The third-order valence-electron chi connectivity index (χ3n) is 3.05. The predicted octanol–water partition coefficient (Wildman–Crippen LogP) is 1.34. The van der Waals surface area contributed by atoms with Gasteiger partial charge in [-0.3, -0.25) is 9.59 Å². The highest BCUT2D eigenvalue weighted by molar-refractivity contribution is 6.37. The topological polar surface area (TPSA) is 37.4 Å². The van der Waals surface area contributed by atoms with Gasteiger partial charge in [0, 0.05) is 19.5 Å². The quantitative estimate of drug-likeness (QED) is 0.716. The van der Waals surface area contributed by atoms with E-state index in [1.165, 1.54) is 11.1 Å². The number of ketones is 1. The molecule has 0 aromatic heterocycles. The van der Waals surface area contributed by atoms with Crippen molar-refractivity contribution >= 4 is 11.7 Å². The minimum atomic E-state index is -0.311. The molecule has 3 nitrogen and oxygen atoms in total. The van der Waals surface area contributed by atoms with Crippen molar-refractivity contribution in [3.05, 3.63) is 35.4 Å². The Labute approximate surface area is 95.1 Å². The van der Waals surface area contributed by atoms with Gasteiger partial charge in [-0.15, -0.1) is 0 Å². The Bertz CT molecular complexity index is 426. The van der Waals surface area contributed by atoms with Gasteiger partial charge in [0.25, 0.3) is 5.91 Å². The lowest BCUT2D eigenvalue weighted by molar-refractivity contribution is -0.139. The monoisotopic (exact) mass is 217 g/mol. The van der Waals surface area contributed by atoms with Crippen molar-refractivity contribution in [1.29, 1.82) is 0 Å². The predicted molar refractivity (Wildman–Crippen MR) is 61.1 cm³/mol. The van der Waals surface area contributed by atoms with Crippen molar-refractivity contribution in [2.24, 2.45) is 0 Å². The van der Waals surface area contributed by atoms with Crippen LogP contribution in [0.5, 0.6) is 0 Å². The normalized spacial score (nSPS) is 15.9. The average molecular weight is 217 g/mol. The van der Waals surface area contributed by atoms with Crippen LogP contribution < -0.4 is 0 Å². The number of aryl methyl sites for hydroxylation is 1. The number of rotatable bonds is 3. The van der Waals surface area contributed by atoms with Gasteiger partial charge >= 0.3 is 0 Å². The number of benzene rings is 1. The molecule has 1 heterocycles. The van der Waals surface area contributed by atoms with Gasteiger partial charge in [0.05, 0.1) is 0 Å². The van der Waals surface area contributed by atoms with Crippen LogP contribution in [0.2, 0.25) is 0 Å². The lowest BCUT2D eigenvalue weighted by atomic mass is 10.1. The van der Waals surface area contributed by atoms with Crippen LogP contribution in [0.25, 0.3) is 0 Å². The number of Topliss-reactive ketones (excluding diaryl/α,β-unsaturated/α-hetero) is 1. The molecule has 1 fully saturated rings. The van der Waals surface area contributed by atoms with E-state index in [-0.39, 0.29) is 11.7 Å². The molecule has 1 aromatic carbocycles. The number of hydrogen-bond donors (Lipinski definition) is 0. The van der Waals surface area contributed by atoms with Crippen molar-refractivity contribution in [3.8, 4) is 0 Å². The fourth-order valence-electron chi connectivity index (χ4n) is 1.98. The maximum atomic E-state index is 11.4. The minimum absolute atomic E-state index is 0.246. The van der Waals surface area contributed by atoms with Crippen LogP contribution in [-0.4, -0.2) is 29.7 Å². The van der Waals surface area contributed by atoms with E-state index in [4.69, 9.17) is 0 Å². The Morgan fingerprint density at radius 2 is 2.00 bits per heavy atom. The summed E-state index contributed by atoms with van der Waals surface area (Å²) in [6, 6.07) is 8.13. The van der Waals surface area contributed by atoms with Crippen molar-refractivity contribution in [3.63, 3.8) is 0 Å². The average Bonchev–Trinajstić information content (AvgIpc) is 2.59. The first-order valence-corrected chi connectivity index (χ1v) is 5.55. The second-order valence-electron chi connectivity index (χ2n) is 4.14. The van der Waals surface area contributed by atoms with E-state index >= 15 is 0 Å². The lowest BCUT2D eigenvalue weighted by Crippen LogP contribution is -2.29. The summed E-state index contributed by atoms with van der Waals surface area (Å²) in [6.45, 7) is 3.30. The third-order valence-corrected chi connectivity index (χ3v) is 3.05. The van der Waals surface area contributed by atoms with Crippen LogP contribution in [0.3, 0.4) is 0 Å². The summed E-state index contributed by atoms with van der Waals surface area (Å²) in [5.41, 5.74) is 2.48. The van der Waals surface area contributed by atoms with Crippen LogP contribution in [0.1, 0.15) is 17.5 Å². The largest absolute Gasteiger partial charge is 0.335 e. The van der Waals surface area contributed by atoms with Gasteiger partial charge in [0.1, 0.15) is 0 Å². The van der Waals surface area contributed by atoms with Gasteiger partial charge in [-0.2, -0.15) is 0 Å². The van der Waals surface area contributed by atoms with Crippen LogP contribution in [-0.2, 0) is 16.0 Å². The first kappa shape index (κ1) is 10.9. The van der Waals surface area contributed by atoms with Crippen molar-refractivity contribution in [2.75, 3.05) is 13.1 Å². The summed E-state index contributed by atoms with van der Waals surface area (Å²) in [4.78, 5) is 24.1. The molecule has 0 saturated carbocycles. The Balaban J connectivity index is 1.96. The zero-order chi connectivity index (χ0) is 11.5. The molecule has 1 aliphatic heterocycles. The molecule has 0 aliphatic carbocycles. The second kappa shape index (κ2) is 4.47. The third kappa shape index (κ3) is 2.13. The van der Waals surface area contributed by atoms with Crippen molar-refractivity contribution in [2.45, 2.75) is 19.8 Å². The molecule has 0 radical (unpaired) electrons. The van der Waals surface area contributed by atoms with Gasteiger partial charge in [-0.25, -0.2) is 0 Å². The zero-order valence-electron chi connectivity index (χ0n) is 9.40. The van der Waals surface area contributed by atoms with Gasteiger partial charge in [-0.05, 0) is 24.5 Å². The Morgan fingerprint density at radius 1 is 1.25 bits per heavy atom. The van der Waals surface area contributed by atoms with E-state index in [1.54, 1.807) is 4.90 Å². The Morgan fingerprint density at radius 3 is 2.62 bits per heavy atom. The molecule has 16 heavy (non-hydrogen) atoms. The molecular weight excluding hydrogens is 202 g/mol. The molecular formula is C13H15NO2. The standard InChI is InChI=1S/C13H15NO2/c1-10-4-2-3-5-11(10)6-8-14-9-7-12(15)13(14)16/h2-5H,6-9H2,1H3. The molecule has 1 amide bonds. The van der Waals surface area contributed by atoms with Crippen molar-refractivity contribution < 1.29 is 9.59 Å². The highest BCUT2D eigenvalue weighted by Crippen LogP contribution is 2.11. The molecule has 2 rings (SSSR count). The van der Waals surface area contributed by atoms with Crippen molar-refractivity contribution in [1.82, 2.24) is 4.90 Å². The van der Waals surface area contributed by atoms with Crippen LogP contribution in [0.4, 0.5) is 0 Å². The maximum Gasteiger partial charge on any atom is 0.290 e. The molecule has 0 bridgehead atoms. The maximum absolute atomic E-state index is 11.4. The van der Waals surface area contributed by atoms with E-state index in [0.29, 0.717) is 19.5 Å². The highest BCUT2D eigenvalue weighted by Gasteiger charge is 2.28. The summed E-state index contributed by atoms with van der Waals surface area (Å²) in [6.07, 6.45) is 1.21. The summed E-state index contributed by atoms with van der Waals surface area (Å²) < 4.78 is 0. The molecule has 1 aromatic rings. The number of carbonyl (C=O) groups excluding carboxylic acids is 2. The van der Waals surface area contributed by atoms with E-state index in [2.05, 4.69) is 19.1 Å². The lowest BCUT2D eigenvalue weighted by Gasteiger charge is -2.14. The Kier molecular flexibility index (Phi) is 3.04. The molecule has 1 saturated heterocycles. The molecule has 1 aliphatic rings. The number of amides is 1. The molecule has 0 unspecified atom stereocenters. The molecule has 0 spiro atoms. The summed E-state index contributed by atoms with van der Waals surface area (Å²) in [7, 11) is 0. The summed E-state index contributed by atoms with van der Waals surface area (Å²) in [5, 5.41) is 0. The molecule has 3 heteroatoms. The van der Waals surface area contributed by atoms with E-state index in [0.717, 1.165) is 6.42 Å². The van der Waals surface area contributed by atoms with E-state index in [9.17, 15) is 9.59 Å². The fraction of sp³-hybridized carbons (Fsp3) is 0.385. The number of nitrogens with zero attached hydrogens (tertiary/aromatic N) is 1. The second-order valence-corrected chi connectivity index (χ2v) is 4.14. The van der Waals surface area contributed by atoms with Gasteiger partial charge in [0.15, 0.2) is 0 Å². The van der Waals surface area contributed by atoms with Gasteiger partial charge in [0.2, 0.25) is 5.78 Å². The van der Waals surface area contributed by atoms with E-state index in [1.807, 2.05) is 12.1 Å². The number of likely N-dealkylation sites (tertiary alicyclic amines) is 1. The van der Waals surface area contributed by atoms with Gasteiger partial charge < -0.3 is 4.90 Å². The molecule has 0 N–H and O–H groups in total. The first-order valence-electron chi connectivity index (χ1n) is 5.55. The number of carbonyl (C=O) groups is 2.